The van der Waals surface area contributed by atoms with Gasteiger partial charge in [0.25, 0.3) is 0 Å². The van der Waals surface area contributed by atoms with Crippen molar-refractivity contribution in [2.45, 2.75) is 31.4 Å². The van der Waals surface area contributed by atoms with Gasteiger partial charge < -0.3 is 5.21 Å². The van der Waals surface area contributed by atoms with E-state index in [0.29, 0.717) is 17.7 Å². The van der Waals surface area contributed by atoms with Crippen LogP contribution in [0.5, 0.6) is 0 Å². The first kappa shape index (κ1) is 21.0. The summed E-state index contributed by atoms with van der Waals surface area (Å²) in [6, 6.07) is 7.62. The summed E-state index contributed by atoms with van der Waals surface area (Å²) < 4.78 is 40.9. The van der Waals surface area contributed by atoms with Crippen LogP contribution in [0, 0.1) is 0 Å². The lowest BCUT2D eigenvalue weighted by molar-refractivity contribution is -0.139. The van der Waals surface area contributed by atoms with Crippen LogP contribution in [0.4, 0.5) is 13.2 Å². The quantitative estimate of drug-likeness (QED) is 0.294. The Bertz CT molecular complexity index is 931. The summed E-state index contributed by atoms with van der Waals surface area (Å²) >= 11 is 17.6. The number of benzene rings is 2. The first-order valence-electron chi connectivity index (χ1n) is 8.44. The zero-order valence-electron chi connectivity index (χ0n) is 14.4. The Morgan fingerprint density at radius 3 is 2.32 bits per heavy atom. The third-order valence-corrected chi connectivity index (χ3v) is 5.82. The summed E-state index contributed by atoms with van der Waals surface area (Å²) in [7, 11) is 0. The molecule has 8 heteroatoms. The maximum Gasteiger partial charge on any atom is 0.399 e. The van der Waals surface area contributed by atoms with Crippen molar-refractivity contribution < 1.29 is 18.4 Å². The Kier molecular flexibility index (Phi) is 6.28. The molecule has 0 bridgehead atoms. The zero-order chi connectivity index (χ0) is 20.5. The third-order valence-electron chi connectivity index (χ3n) is 4.62. The second-order valence-electron chi connectivity index (χ2n) is 6.49. The molecule has 2 nitrogen and oxygen atoms in total. The van der Waals surface area contributed by atoms with E-state index in [1.807, 2.05) is 6.07 Å². The van der Waals surface area contributed by atoms with Gasteiger partial charge in [0.15, 0.2) is 0 Å². The van der Waals surface area contributed by atoms with Crippen LogP contribution in [-0.4, -0.2) is 17.1 Å². The average molecular weight is 449 g/mol. The van der Waals surface area contributed by atoms with Crippen LogP contribution in [-0.2, 0) is 6.42 Å². The smallest absolute Gasteiger partial charge is 0.399 e. The maximum absolute atomic E-state index is 13.6. The topological polar surface area (TPSA) is 32.6 Å². The molecule has 1 aliphatic carbocycles. The van der Waals surface area contributed by atoms with Crippen molar-refractivity contribution in [3.63, 3.8) is 0 Å². The van der Waals surface area contributed by atoms with E-state index in [1.54, 1.807) is 12.1 Å². The van der Waals surface area contributed by atoms with Crippen LogP contribution in [0.15, 0.2) is 41.6 Å². The van der Waals surface area contributed by atoms with Crippen LogP contribution in [0.25, 0.3) is 6.08 Å². The number of allylic oxidation sites excluding steroid dienone is 1. The Labute approximate surface area is 175 Å². The second-order valence-corrected chi connectivity index (χ2v) is 7.69. The Hall–Kier alpha value is -1.69. The summed E-state index contributed by atoms with van der Waals surface area (Å²) in [6.07, 6.45) is 0.239. The van der Waals surface area contributed by atoms with E-state index < -0.39 is 12.1 Å². The molecule has 0 radical (unpaired) electrons. The van der Waals surface area contributed by atoms with Gasteiger partial charge in [-0.15, -0.1) is 0 Å². The molecular formula is C20H15Cl3F3NO. The number of oxime groups is 1. The fourth-order valence-electron chi connectivity index (χ4n) is 3.26. The van der Waals surface area contributed by atoms with E-state index >= 15 is 0 Å². The van der Waals surface area contributed by atoms with Gasteiger partial charge in [-0.05, 0) is 48.1 Å². The van der Waals surface area contributed by atoms with Crippen LogP contribution >= 0.6 is 34.8 Å². The molecule has 1 N–H and O–H groups in total. The molecule has 148 valence electrons. The van der Waals surface area contributed by atoms with Crippen LogP contribution in [0.3, 0.4) is 0 Å². The highest BCUT2D eigenvalue weighted by atomic mass is 35.5. The zero-order valence-corrected chi connectivity index (χ0v) is 16.7. The van der Waals surface area contributed by atoms with Gasteiger partial charge in [-0.2, -0.15) is 13.2 Å². The van der Waals surface area contributed by atoms with Crippen LogP contribution in [0.2, 0.25) is 15.1 Å². The minimum atomic E-state index is -4.53. The number of rotatable bonds is 3. The van der Waals surface area contributed by atoms with E-state index in [4.69, 9.17) is 40.0 Å². The predicted octanol–water partition coefficient (Wildman–Crippen LogP) is 7.52. The molecule has 0 saturated heterocycles. The number of fused-ring (bicyclic) bond motifs is 1. The van der Waals surface area contributed by atoms with Crippen molar-refractivity contribution in [2.75, 3.05) is 0 Å². The molecule has 0 saturated carbocycles. The van der Waals surface area contributed by atoms with Gasteiger partial charge in [-0.25, -0.2) is 0 Å². The van der Waals surface area contributed by atoms with Gasteiger partial charge in [0.2, 0.25) is 0 Å². The summed E-state index contributed by atoms with van der Waals surface area (Å²) in [5.41, 5.74) is 2.90. The van der Waals surface area contributed by atoms with Crippen LogP contribution in [0.1, 0.15) is 41.0 Å². The molecule has 2 aromatic rings. The molecular weight excluding hydrogens is 434 g/mol. The molecule has 0 amide bonds. The lowest BCUT2D eigenvalue weighted by Crippen LogP contribution is -2.19. The second kappa shape index (κ2) is 8.36. The predicted molar refractivity (Wildman–Crippen MR) is 107 cm³/mol. The van der Waals surface area contributed by atoms with E-state index in [-0.39, 0.29) is 20.6 Å². The number of alkyl halides is 3. The molecule has 0 heterocycles. The monoisotopic (exact) mass is 447 g/mol. The van der Waals surface area contributed by atoms with Crippen molar-refractivity contribution in [1.29, 1.82) is 0 Å². The molecule has 0 aromatic heterocycles. The van der Waals surface area contributed by atoms with Gasteiger partial charge in [0.05, 0.1) is 26.7 Å². The summed E-state index contributed by atoms with van der Waals surface area (Å²) in [5, 5.41) is 12.3. The van der Waals surface area contributed by atoms with E-state index in [0.717, 1.165) is 30.0 Å². The Balaban J connectivity index is 1.95. The molecule has 2 aromatic carbocycles. The minimum Gasteiger partial charge on any atom is -0.411 e. The Morgan fingerprint density at radius 2 is 1.71 bits per heavy atom. The molecule has 0 fully saturated rings. The van der Waals surface area contributed by atoms with Crippen molar-refractivity contribution in [3.05, 3.63) is 73.7 Å². The number of hydrogen-bond donors (Lipinski definition) is 1. The molecule has 28 heavy (non-hydrogen) atoms. The van der Waals surface area contributed by atoms with E-state index in [1.165, 1.54) is 18.2 Å². The van der Waals surface area contributed by atoms with Crippen molar-refractivity contribution in [1.82, 2.24) is 0 Å². The van der Waals surface area contributed by atoms with Crippen molar-refractivity contribution in [2.24, 2.45) is 5.16 Å². The SMILES string of the molecule is O/N=C1\CCCc2cc(/C=C/C(c3cc(Cl)c(Cl)c(Cl)c3)C(F)(F)F)ccc21. The standard InChI is InChI=1S/C20H15Cl3F3NO/c21-16-9-13(10-17(22)19(16)23)15(20(24,25)26)7-5-11-4-6-14-12(8-11)2-1-3-18(14)27-28/h4-10,15,28H,1-3H2/b7-5+,27-18+. The molecule has 1 aliphatic rings. The highest BCUT2D eigenvalue weighted by Crippen LogP contribution is 2.41. The molecule has 1 atom stereocenters. The van der Waals surface area contributed by atoms with E-state index in [9.17, 15) is 13.2 Å². The van der Waals surface area contributed by atoms with E-state index in [2.05, 4.69) is 5.16 Å². The number of hydrogen-bond acceptors (Lipinski definition) is 2. The van der Waals surface area contributed by atoms with Gasteiger partial charge >= 0.3 is 6.18 Å². The van der Waals surface area contributed by atoms with Crippen LogP contribution < -0.4 is 0 Å². The molecule has 0 aliphatic heterocycles. The molecule has 3 rings (SSSR count). The fraction of sp³-hybridized carbons (Fsp3) is 0.250. The molecule has 0 spiro atoms. The maximum atomic E-state index is 13.6. The first-order valence-corrected chi connectivity index (χ1v) is 9.57. The van der Waals surface area contributed by atoms with Gasteiger partial charge in [-0.1, -0.05) is 70.3 Å². The lowest BCUT2D eigenvalue weighted by Gasteiger charge is -2.19. The summed E-state index contributed by atoms with van der Waals surface area (Å²) in [6.45, 7) is 0. The fourth-order valence-corrected chi connectivity index (χ4v) is 3.87. The Morgan fingerprint density at radius 1 is 1.04 bits per heavy atom. The van der Waals surface area contributed by atoms with Gasteiger partial charge in [-0.3, -0.25) is 0 Å². The number of aryl methyl sites for hydroxylation is 1. The molecule has 1 unspecified atom stereocenters. The van der Waals surface area contributed by atoms with Gasteiger partial charge in [0, 0.05) is 5.56 Å². The number of nitrogens with zero attached hydrogens (tertiary/aromatic N) is 1. The highest BCUT2D eigenvalue weighted by molar-refractivity contribution is 6.48. The van der Waals surface area contributed by atoms with Crippen molar-refractivity contribution in [3.8, 4) is 0 Å². The summed E-state index contributed by atoms with van der Waals surface area (Å²) in [5.74, 6) is -1.88. The largest absolute Gasteiger partial charge is 0.411 e. The normalized spacial score (nSPS) is 17.1. The number of halogens is 6. The van der Waals surface area contributed by atoms with Crippen molar-refractivity contribution >= 4 is 46.6 Å². The highest BCUT2D eigenvalue weighted by Gasteiger charge is 2.39. The van der Waals surface area contributed by atoms with Gasteiger partial charge in [0.1, 0.15) is 0 Å². The average Bonchev–Trinajstić information content (AvgIpc) is 2.64. The lowest BCUT2D eigenvalue weighted by atomic mass is 9.88. The summed E-state index contributed by atoms with van der Waals surface area (Å²) in [4.78, 5) is 0. The third kappa shape index (κ3) is 4.48. The first-order chi connectivity index (χ1) is 13.2. The minimum absolute atomic E-state index is 0.0213.